The molecular formula is C68H122O6. The fourth-order valence-electron chi connectivity index (χ4n) is 9.31. The average molecular weight is 1040 g/mol. The molecule has 0 saturated carbocycles. The first-order valence-corrected chi connectivity index (χ1v) is 32.3. The molecule has 1 atom stereocenters. The average Bonchev–Trinajstić information content (AvgIpc) is 3.40. The number of carbonyl (C=O) groups excluding carboxylic acids is 3. The van der Waals surface area contributed by atoms with E-state index in [1.165, 1.54) is 212 Å². The van der Waals surface area contributed by atoms with Crippen molar-refractivity contribution in [2.45, 2.75) is 341 Å². The van der Waals surface area contributed by atoms with Gasteiger partial charge in [0.05, 0.1) is 0 Å². The molecule has 0 spiro atoms. The highest BCUT2D eigenvalue weighted by molar-refractivity contribution is 5.71. The normalized spacial score (nSPS) is 12.4. The lowest BCUT2D eigenvalue weighted by molar-refractivity contribution is -0.167. The van der Waals surface area contributed by atoms with Crippen molar-refractivity contribution in [1.29, 1.82) is 0 Å². The topological polar surface area (TPSA) is 78.9 Å². The van der Waals surface area contributed by atoms with Crippen LogP contribution in [0.1, 0.15) is 335 Å². The lowest BCUT2D eigenvalue weighted by Gasteiger charge is -2.18. The zero-order chi connectivity index (χ0) is 53.6. The number of hydrogen-bond acceptors (Lipinski definition) is 6. The van der Waals surface area contributed by atoms with Crippen molar-refractivity contribution >= 4 is 17.9 Å². The third kappa shape index (κ3) is 60.0. The van der Waals surface area contributed by atoms with Crippen LogP contribution in [0.5, 0.6) is 0 Å². The van der Waals surface area contributed by atoms with Crippen molar-refractivity contribution in [2.24, 2.45) is 0 Å². The van der Waals surface area contributed by atoms with Crippen LogP contribution in [0.15, 0.2) is 60.8 Å². The maximum Gasteiger partial charge on any atom is 0.306 e. The number of esters is 3. The Labute approximate surface area is 460 Å². The number of carbonyl (C=O) groups is 3. The number of allylic oxidation sites excluding steroid dienone is 10. The summed E-state index contributed by atoms with van der Waals surface area (Å²) in [5.74, 6) is -0.883. The number of hydrogen-bond donors (Lipinski definition) is 0. The zero-order valence-corrected chi connectivity index (χ0v) is 49.4. The monoisotopic (exact) mass is 1030 g/mol. The summed E-state index contributed by atoms with van der Waals surface area (Å²) >= 11 is 0. The van der Waals surface area contributed by atoms with Crippen LogP contribution < -0.4 is 0 Å². The van der Waals surface area contributed by atoms with E-state index in [0.717, 1.165) is 83.5 Å². The number of ether oxygens (including phenoxy) is 3. The van der Waals surface area contributed by atoms with Crippen LogP contribution in [0, 0.1) is 0 Å². The van der Waals surface area contributed by atoms with E-state index in [9.17, 15) is 14.4 Å². The maximum absolute atomic E-state index is 12.9. The molecule has 0 bridgehead atoms. The third-order valence-electron chi connectivity index (χ3n) is 14.2. The van der Waals surface area contributed by atoms with Crippen LogP contribution in [0.4, 0.5) is 0 Å². The molecule has 0 saturated heterocycles. The molecule has 0 fully saturated rings. The molecule has 0 N–H and O–H groups in total. The molecule has 1 unspecified atom stereocenters. The van der Waals surface area contributed by atoms with Gasteiger partial charge in [0.15, 0.2) is 6.10 Å². The summed E-state index contributed by atoms with van der Waals surface area (Å²) in [6, 6.07) is 0. The second-order valence-electron chi connectivity index (χ2n) is 21.7. The first-order valence-electron chi connectivity index (χ1n) is 32.3. The van der Waals surface area contributed by atoms with Crippen molar-refractivity contribution in [1.82, 2.24) is 0 Å². The fourth-order valence-corrected chi connectivity index (χ4v) is 9.31. The fraction of sp³-hybridized carbons (Fsp3) is 0.809. The molecule has 0 radical (unpaired) electrons. The van der Waals surface area contributed by atoms with Crippen LogP contribution in [-0.4, -0.2) is 37.2 Å². The van der Waals surface area contributed by atoms with E-state index in [2.05, 4.69) is 81.5 Å². The molecule has 0 rings (SSSR count). The van der Waals surface area contributed by atoms with Gasteiger partial charge in [0.1, 0.15) is 13.2 Å². The molecule has 0 aromatic carbocycles. The number of rotatable bonds is 59. The van der Waals surface area contributed by atoms with E-state index in [0.29, 0.717) is 19.3 Å². The lowest BCUT2D eigenvalue weighted by atomic mass is 10.0. The highest BCUT2D eigenvalue weighted by Gasteiger charge is 2.19. The summed E-state index contributed by atoms with van der Waals surface area (Å²) in [4.78, 5) is 38.2. The van der Waals surface area contributed by atoms with Gasteiger partial charge in [0.2, 0.25) is 0 Å². The van der Waals surface area contributed by atoms with Gasteiger partial charge in [-0.2, -0.15) is 0 Å². The van der Waals surface area contributed by atoms with Crippen LogP contribution in [0.25, 0.3) is 0 Å². The molecular weight excluding hydrogens is 913 g/mol. The van der Waals surface area contributed by atoms with Crippen molar-refractivity contribution < 1.29 is 28.6 Å². The highest BCUT2D eigenvalue weighted by atomic mass is 16.6. The molecule has 6 heteroatoms. The number of unbranched alkanes of at least 4 members (excludes halogenated alkanes) is 38. The largest absolute Gasteiger partial charge is 0.462 e. The van der Waals surface area contributed by atoms with E-state index in [4.69, 9.17) is 14.2 Å². The Hall–Kier alpha value is -2.89. The quantitative estimate of drug-likeness (QED) is 0.0261. The Morgan fingerprint density at radius 3 is 0.811 bits per heavy atom. The van der Waals surface area contributed by atoms with E-state index in [-0.39, 0.29) is 31.1 Å². The van der Waals surface area contributed by atoms with Crippen LogP contribution in [0.3, 0.4) is 0 Å². The summed E-state index contributed by atoms with van der Waals surface area (Å²) in [6.07, 6.45) is 79.5. The van der Waals surface area contributed by atoms with Gasteiger partial charge < -0.3 is 14.2 Å². The molecule has 0 aliphatic carbocycles. The second-order valence-corrected chi connectivity index (χ2v) is 21.7. The van der Waals surface area contributed by atoms with Crippen LogP contribution in [0.2, 0.25) is 0 Å². The van der Waals surface area contributed by atoms with Crippen molar-refractivity contribution in [3.05, 3.63) is 60.8 Å². The molecule has 74 heavy (non-hydrogen) atoms. The van der Waals surface area contributed by atoms with E-state index in [1.807, 2.05) is 0 Å². The predicted octanol–water partition coefficient (Wildman–Crippen LogP) is 21.9. The summed E-state index contributed by atoms with van der Waals surface area (Å²) in [5.41, 5.74) is 0. The standard InChI is InChI=1S/C68H122O6/c1-4-7-10-13-16-19-22-24-26-28-29-30-31-32-33-34-35-36-37-38-39-40-42-43-46-49-52-55-58-61-67(70)73-64-65(63-72-66(69)60-57-54-51-48-45-21-18-15-12-9-6-3)74-68(71)62-59-56-53-50-47-44-41-27-25-23-20-17-14-11-8-5-2/h15,18,22,24,27-29,31-32,41,65H,4-14,16-17,19-21,23,25-26,30,33-40,42-64H2,1-3H3/b18-15-,24-22-,29-28-,32-31-,41-27-. The van der Waals surface area contributed by atoms with Gasteiger partial charge in [-0.1, -0.05) is 274 Å². The van der Waals surface area contributed by atoms with Gasteiger partial charge in [-0.05, 0) is 103 Å². The maximum atomic E-state index is 12.9. The van der Waals surface area contributed by atoms with Gasteiger partial charge in [-0.25, -0.2) is 0 Å². The van der Waals surface area contributed by atoms with Gasteiger partial charge >= 0.3 is 17.9 Å². The van der Waals surface area contributed by atoms with Crippen molar-refractivity contribution in [3.8, 4) is 0 Å². The summed E-state index contributed by atoms with van der Waals surface area (Å²) in [7, 11) is 0. The van der Waals surface area contributed by atoms with Gasteiger partial charge in [-0.3, -0.25) is 14.4 Å². The minimum absolute atomic E-state index is 0.0783. The highest BCUT2D eigenvalue weighted by Crippen LogP contribution is 2.16. The second kappa shape index (κ2) is 62.6. The molecule has 0 aliphatic rings. The Morgan fingerprint density at radius 1 is 0.270 bits per heavy atom. The van der Waals surface area contributed by atoms with Crippen LogP contribution in [-0.2, 0) is 28.6 Å². The van der Waals surface area contributed by atoms with Crippen molar-refractivity contribution in [2.75, 3.05) is 13.2 Å². The minimum Gasteiger partial charge on any atom is -0.462 e. The van der Waals surface area contributed by atoms with E-state index < -0.39 is 6.10 Å². The molecule has 0 aromatic rings. The van der Waals surface area contributed by atoms with E-state index >= 15 is 0 Å². The first kappa shape index (κ1) is 71.1. The zero-order valence-electron chi connectivity index (χ0n) is 49.4. The Balaban J connectivity index is 4.18. The molecule has 0 heterocycles. The molecule has 6 nitrogen and oxygen atoms in total. The summed E-state index contributed by atoms with van der Waals surface area (Å²) < 4.78 is 16.9. The van der Waals surface area contributed by atoms with Gasteiger partial charge in [-0.15, -0.1) is 0 Å². The SMILES string of the molecule is CCCC/C=C\CCCCCCCC(=O)OCC(COC(=O)CCCCCCCCCCCCCCCC/C=C\C/C=C\C/C=C\CCCCCCC)OC(=O)CCCCCCC/C=C\CCCCCCCCC. The first-order chi connectivity index (χ1) is 36.5. The Kier molecular flexibility index (Phi) is 60.2. The van der Waals surface area contributed by atoms with E-state index in [1.54, 1.807) is 0 Å². The minimum atomic E-state index is -0.781. The summed E-state index contributed by atoms with van der Waals surface area (Å²) in [5, 5.41) is 0. The van der Waals surface area contributed by atoms with Crippen molar-refractivity contribution in [3.63, 3.8) is 0 Å². The Bertz CT molecular complexity index is 1330. The molecule has 0 aromatic heterocycles. The summed E-state index contributed by atoms with van der Waals surface area (Å²) in [6.45, 7) is 6.61. The predicted molar refractivity (Wildman–Crippen MR) is 321 cm³/mol. The third-order valence-corrected chi connectivity index (χ3v) is 14.2. The van der Waals surface area contributed by atoms with Crippen LogP contribution >= 0.6 is 0 Å². The van der Waals surface area contributed by atoms with Gasteiger partial charge in [0, 0.05) is 19.3 Å². The smallest absolute Gasteiger partial charge is 0.306 e. The van der Waals surface area contributed by atoms with Gasteiger partial charge in [0.25, 0.3) is 0 Å². The lowest BCUT2D eigenvalue weighted by Crippen LogP contribution is -2.30. The molecule has 430 valence electrons. The Morgan fingerprint density at radius 2 is 0.500 bits per heavy atom. The molecule has 0 amide bonds. The molecule has 0 aliphatic heterocycles.